The van der Waals surface area contributed by atoms with Gasteiger partial charge in [0.05, 0.1) is 27.0 Å². The van der Waals surface area contributed by atoms with Crippen LogP contribution >= 0.6 is 0 Å². The summed E-state index contributed by atoms with van der Waals surface area (Å²) >= 11 is 0. The van der Waals surface area contributed by atoms with Gasteiger partial charge in [0.2, 0.25) is 0 Å². The highest BCUT2D eigenvalue weighted by Gasteiger charge is 2.05. The van der Waals surface area contributed by atoms with E-state index in [0.29, 0.717) is 0 Å². The lowest BCUT2D eigenvalue weighted by atomic mass is 10.2. The lowest BCUT2D eigenvalue weighted by molar-refractivity contribution is 0.354. The molecule has 0 saturated carbocycles. The third-order valence-corrected chi connectivity index (χ3v) is 3.98. The predicted molar refractivity (Wildman–Crippen MR) is 97.9 cm³/mol. The first-order chi connectivity index (χ1) is 12.3. The lowest BCUT2D eigenvalue weighted by Crippen LogP contribution is -2.12. The smallest absolute Gasteiger partial charge is 0.161 e. The van der Waals surface area contributed by atoms with Gasteiger partial charge in [-0.3, -0.25) is 4.68 Å². The summed E-state index contributed by atoms with van der Waals surface area (Å²) < 4.78 is 12.6. The third kappa shape index (κ3) is 4.61. The van der Waals surface area contributed by atoms with E-state index < -0.39 is 0 Å². The van der Waals surface area contributed by atoms with Gasteiger partial charge < -0.3 is 14.8 Å². The van der Waals surface area contributed by atoms with E-state index in [2.05, 4.69) is 28.7 Å². The molecule has 2 aromatic carbocycles. The van der Waals surface area contributed by atoms with Gasteiger partial charge in [0.15, 0.2) is 11.5 Å². The van der Waals surface area contributed by atoms with Crippen molar-refractivity contribution in [2.24, 2.45) is 0 Å². The van der Waals surface area contributed by atoms with Crippen molar-refractivity contribution in [2.45, 2.75) is 19.6 Å². The van der Waals surface area contributed by atoms with Crippen molar-refractivity contribution in [2.75, 3.05) is 14.2 Å². The van der Waals surface area contributed by atoms with Crippen LogP contribution in [0.25, 0.3) is 0 Å². The summed E-state index contributed by atoms with van der Waals surface area (Å²) in [4.78, 5) is 0. The molecule has 1 N–H and O–H groups in total. The van der Waals surface area contributed by atoms with E-state index in [1.54, 1.807) is 14.2 Å². The monoisotopic (exact) mass is 337 g/mol. The fourth-order valence-corrected chi connectivity index (χ4v) is 2.70. The van der Waals surface area contributed by atoms with Crippen LogP contribution in [0.4, 0.5) is 0 Å². The highest BCUT2D eigenvalue weighted by atomic mass is 16.5. The van der Waals surface area contributed by atoms with Crippen molar-refractivity contribution >= 4 is 0 Å². The third-order valence-electron chi connectivity index (χ3n) is 3.98. The summed E-state index contributed by atoms with van der Waals surface area (Å²) in [7, 11) is 3.29. The Kier molecular flexibility index (Phi) is 5.69. The van der Waals surface area contributed by atoms with Gasteiger partial charge in [-0.05, 0) is 23.3 Å². The number of ether oxygens (including phenoxy) is 2. The molecule has 1 heterocycles. The average Bonchev–Trinajstić information content (AvgIpc) is 3.09. The Bertz CT molecular complexity index is 800. The van der Waals surface area contributed by atoms with E-state index in [0.717, 1.165) is 42.3 Å². The number of hydrogen-bond acceptors (Lipinski definition) is 4. The van der Waals surface area contributed by atoms with Crippen molar-refractivity contribution < 1.29 is 9.47 Å². The van der Waals surface area contributed by atoms with Crippen molar-refractivity contribution in [3.63, 3.8) is 0 Å². The number of methoxy groups -OCH3 is 2. The Balaban J connectivity index is 1.52. The molecule has 0 unspecified atom stereocenters. The molecule has 0 aliphatic rings. The van der Waals surface area contributed by atoms with Crippen LogP contribution in [0.5, 0.6) is 11.5 Å². The zero-order valence-electron chi connectivity index (χ0n) is 14.6. The van der Waals surface area contributed by atoms with Crippen LogP contribution < -0.4 is 14.8 Å². The summed E-state index contributed by atoms with van der Waals surface area (Å²) in [5.41, 5.74) is 3.56. The topological polar surface area (TPSA) is 48.3 Å². The lowest BCUT2D eigenvalue weighted by Gasteiger charge is -2.10. The number of rotatable bonds is 8. The minimum absolute atomic E-state index is 0.744. The van der Waals surface area contributed by atoms with E-state index in [1.165, 1.54) is 5.56 Å². The zero-order chi connectivity index (χ0) is 17.5. The van der Waals surface area contributed by atoms with E-state index in [1.807, 2.05) is 47.3 Å². The van der Waals surface area contributed by atoms with Crippen molar-refractivity contribution in [3.8, 4) is 11.5 Å². The second-order valence-electron chi connectivity index (χ2n) is 5.82. The van der Waals surface area contributed by atoms with Crippen molar-refractivity contribution in [1.82, 2.24) is 15.1 Å². The number of nitrogens with one attached hydrogen (secondary N) is 1. The SMILES string of the molecule is COc1ccc(CNCc2cnn(Cc3ccccc3)c2)cc1OC. The summed E-state index contributed by atoms with van der Waals surface area (Å²) in [6.07, 6.45) is 3.99. The first-order valence-electron chi connectivity index (χ1n) is 8.25. The summed E-state index contributed by atoms with van der Waals surface area (Å²) in [5, 5.41) is 7.86. The Morgan fingerprint density at radius 1 is 0.880 bits per heavy atom. The summed E-state index contributed by atoms with van der Waals surface area (Å²) in [5.74, 6) is 1.49. The molecule has 3 rings (SSSR count). The molecule has 0 radical (unpaired) electrons. The van der Waals surface area contributed by atoms with E-state index in [9.17, 15) is 0 Å². The summed E-state index contributed by atoms with van der Waals surface area (Å²) in [6, 6.07) is 16.3. The highest BCUT2D eigenvalue weighted by Crippen LogP contribution is 2.27. The molecule has 0 aliphatic heterocycles. The molecular formula is C20H23N3O2. The van der Waals surface area contributed by atoms with Crippen LogP contribution in [0.2, 0.25) is 0 Å². The van der Waals surface area contributed by atoms with Gasteiger partial charge in [0, 0.05) is 24.8 Å². The maximum atomic E-state index is 5.34. The number of nitrogens with zero attached hydrogens (tertiary/aromatic N) is 2. The Morgan fingerprint density at radius 2 is 1.64 bits per heavy atom. The van der Waals surface area contributed by atoms with Gasteiger partial charge in [-0.2, -0.15) is 5.10 Å². The highest BCUT2D eigenvalue weighted by molar-refractivity contribution is 5.42. The maximum Gasteiger partial charge on any atom is 0.161 e. The number of hydrogen-bond donors (Lipinski definition) is 1. The molecule has 0 spiro atoms. The molecule has 3 aromatic rings. The second-order valence-corrected chi connectivity index (χ2v) is 5.82. The molecule has 0 bridgehead atoms. The normalized spacial score (nSPS) is 10.6. The molecule has 5 nitrogen and oxygen atoms in total. The van der Waals surface area contributed by atoms with Gasteiger partial charge in [-0.1, -0.05) is 36.4 Å². The van der Waals surface area contributed by atoms with E-state index >= 15 is 0 Å². The predicted octanol–water partition coefficient (Wildman–Crippen LogP) is 3.24. The molecule has 0 aliphatic carbocycles. The first kappa shape index (κ1) is 17.0. The van der Waals surface area contributed by atoms with Crippen LogP contribution in [0.1, 0.15) is 16.7 Å². The van der Waals surface area contributed by atoms with Crippen LogP contribution in [0, 0.1) is 0 Å². The van der Waals surface area contributed by atoms with Crippen molar-refractivity contribution in [3.05, 3.63) is 77.6 Å². The Labute approximate surface area is 148 Å². The van der Waals surface area contributed by atoms with Crippen LogP contribution in [-0.4, -0.2) is 24.0 Å². The second kappa shape index (κ2) is 8.35. The largest absolute Gasteiger partial charge is 0.493 e. The molecule has 130 valence electrons. The Hall–Kier alpha value is -2.79. The van der Waals surface area contributed by atoms with Crippen LogP contribution in [0.15, 0.2) is 60.9 Å². The molecule has 1 aromatic heterocycles. The number of benzene rings is 2. The molecular weight excluding hydrogens is 314 g/mol. The summed E-state index contributed by atoms with van der Waals surface area (Å²) in [6.45, 7) is 2.31. The molecule has 0 amide bonds. The van der Waals surface area contributed by atoms with Gasteiger partial charge in [-0.25, -0.2) is 0 Å². The van der Waals surface area contributed by atoms with Crippen LogP contribution in [-0.2, 0) is 19.6 Å². The standard InChI is InChI=1S/C20H23N3O2/c1-24-19-9-8-17(10-20(19)25-2)11-21-12-18-13-22-23(15-18)14-16-6-4-3-5-7-16/h3-10,13,15,21H,11-12,14H2,1-2H3. The minimum Gasteiger partial charge on any atom is -0.493 e. The molecule has 0 atom stereocenters. The minimum atomic E-state index is 0.744. The fraction of sp³-hybridized carbons (Fsp3) is 0.250. The van der Waals surface area contributed by atoms with Crippen molar-refractivity contribution in [1.29, 1.82) is 0 Å². The van der Waals surface area contributed by atoms with E-state index in [4.69, 9.17) is 9.47 Å². The molecule has 5 heteroatoms. The quantitative estimate of drug-likeness (QED) is 0.685. The first-order valence-corrected chi connectivity index (χ1v) is 8.25. The van der Waals surface area contributed by atoms with Gasteiger partial charge in [0.25, 0.3) is 0 Å². The van der Waals surface area contributed by atoms with Gasteiger partial charge >= 0.3 is 0 Å². The Morgan fingerprint density at radius 3 is 2.40 bits per heavy atom. The molecule has 0 saturated heterocycles. The van der Waals surface area contributed by atoms with E-state index in [-0.39, 0.29) is 0 Å². The molecule has 25 heavy (non-hydrogen) atoms. The average molecular weight is 337 g/mol. The zero-order valence-corrected chi connectivity index (χ0v) is 14.6. The van der Waals surface area contributed by atoms with Crippen LogP contribution in [0.3, 0.4) is 0 Å². The number of aromatic nitrogens is 2. The fourth-order valence-electron chi connectivity index (χ4n) is 2.70. The maximum absolute atomic E-state index is 5.34. The van der Waals surface area contributed by atoms with Gasteiger partial charge in [-0.15, -0.1) is 0 Å². The van der Waals surface area contributed by atoms with Gasteiger partial charge in [0.1, 0.15) is 0 Å². The molecule has 0 fully saturated rings.